The topological polar surface area (TPSA) is 72.6 Å². The van der Waals surface area contributed by atoms with Gasteiger partial charge in [0.15, 0.2) is 0 Å². The molecule has 0 spiro atoms. The number of hydrazone groups is 2. The van der Waals surface area contributed by atoms with Crippen LogP contribution in [0.3, 0.4) is 0 Å². The molecule has 0 amide bonds. The minimum Gasteiger partial charge on any atom is -0.266 e. The van der Waals surface area contributed by atoms with Gasteiger partial charge in [-0.15, -0.1) is 12.4 Å². The van der Waals surface area contributed by atoms with Crippen molar-refractivity contribution < 1.29 is 26.3 Å². The van der Waals surface area contributed by atoms with Crippen LogP contribution >= 0.6 is 35.9 Å². The van der Waals surface area contributed by atoms with Gasteiger partial charge in [-0.1, -0.05) is 24.3 Å². The van der Waals surface area contributed by atoms with Gasteiger partial charge in [0.2, 0.25) is 5.96 Å². The first-order valence-corrected chi connectivity index (χ1v) is 9.52. The number of hydrogen-bond donors (Lipinski definition) is 3. The summed E-state index contributed by atoms with van der Waals surface area (Å²) in [6.07, 6.45) is 2.61. The zero-order valence-electron chi connectivity index (χ0n) is 15.2. The highest BCUT2D eigenvalue weighted by Gasteiger charge is 2.29. The van der Waals surface area contributed by atoms with Crippen LogP contribution in [-0.4, -0.2) is 29.4 Å². The first kappa shape index (κ1) is 26.7. The molecule has 0 atom stereocenters. The first-order valence-electron chi connectivity index (χ1n) is 7.88. The molecule has 0 heterocycles. The zero-order valence-corrected chi connectivity index (χ0v) is 17.6. The van der Waals surface area contributed by atoms with Gasteiger partial charge in [-0.25, -0.2) is 10.9 Å². The van der Waals surface area contributed by atoms with Crippen LogP contribution in [-0.2, 0) is 0 Å². The number of guanidine groups is 1. The Hall–Kier alpha value is -2.38. The molecule has 14 heteroatoms. The van der Waals surface area contributed by atoms with Gasteiger partial charge in [0.1, 0.15) is 0 Å². The molecule has 5 nitrogen and oxygen atoms in total. The Labute approximate surface area is 187 Å². The van der Waals surface area contributed by atoms with Gasteiger partial charge in [-0.3, -0.25) is 5.41 Å². The Morgan fingerprint density at radius 3 is 1.32 bits per heavy atom. The maximum atomic E-state index is 12.3. The number of alkyl halides is 6. The molecule has 0 saturated carbocycles. The number of nitrogens with one attached hydrogen (secondary N) is 3. The summed E-state index contributed by atoms with van der Waals surface area (Å²) in [5.74, 6) is -0.295. The number of thioether (sulfide) groups is 2. The molecule has 0 fully saturated rings. The molecule has 0 aliphatic carbocycles. The summed E-state index contributed by atoms with van der Waals surface area (Å²) in [4.78, 5) is 0.0859. The van der Waals surface area contributed by atoms with Gasteiger partial charge in [-0.2, -0.15) is 36.5 Å². The molecular formula is C17H14ClF6N5S2. The molecule has 2 rings (SSSR count). The maximum Gasteiger partial charge on any atom is 0.446 e. The van der Waals surface area contributed by atoms with E-state index in [1.54, 1.807) is 0 Å². The Kier molecular flexibility index (Phi) is 10.2. The largest absolute Gasteiger partial charge is 0.446 e. The van der Waals surface area contributed by atoms with Crippen molar-refractivity contribution in [1.82, 2.24) is 10.9 Å². The third-order valence-corrected chi connectivity index (χ3v) is 4.49. The Morgan fingerprint density at radius 2 is 1.03 bits per heavy atom. The van der Waals surface area contributed by atoms with Crippen molar-refractivity contribution in [2.75, 3.05) is 0 Å². The van der Waals surface area contributed by atoms with Crippen LogP contribution in [0.4, 0.5) is 26.3 Å². The van der Waals surface area contributed by atoms with Gasteiger partial charge in [0.05, 0.1) is 12.4 Å². The van der Waals surface area contributed by atoms with E-state index in [1.165, 1.54) is 61.0 Å². The van der Waals surface area contributed by atoms with E-state index in [2.05, 4.69) is 21.1 Å². The molecule has 2 aromatic rings. The Morgan fingerprint density at radius 1 is 0.710 bits per heavy atom. The second-order valence-electron chi connectivity index (χ2n) is 5.35. The lowest BCUT2D eigenvalue weighted by molar-refractivity contribution is -0.0337. The molecule has 168 valence electrons. The molecular weight excluding hydrogens is 488 g/mol. The fraction of sp³-hybridized carbons (Fsp3) is 0.118. The van der Waals surface area contributed by atoms with Crippen LogP contribution in [0.1, 0.15) is 11.1 Å². The second kappa shape index (κ2) is 11.9. The number of nitrogens with zero attached hydrogens (tertiary/aromatic N) is 2. The minimum atomic E-state index is -4.36. The quantitative estimate of drug-likeness (QED) is 0.153. The predicted molar refractivity (Wildman–Crippen MR) is 113 cm³/mol. The fourth-order valence-electron chi connectivity index (χ4n) is 1.88. The number of benzene rings is 2. The van der Waals surface area contributed by atoms with Gasteiger partial charge in [0.25, 0.3) is 0 Å². The van der Waals surface area contributed by atoms with Crippen LogP contribution in [0.2, 0.25) is 0 Å². The van der Waals surface area contributed by atoms with Crippen molar-refractivity contribution >= 4 is 54.3 Å². The molecule has 0 radical (unpaired) electrons. The summed E-state index contributed by atoms with van der Waals surface area (Å²) in [7, 11) is 0. The van der Waals surface area contributed by atoms with E-state index in [-0.39, 0.29) is 51.7 Å². The molecule has 0 saturated heterocycles. The second-order valence-corrected chi connectivity index (χ2v) is 7.63. The summed E-state index contributed by atoms with van der Waals surface area (Å²) in [6, 6.07) is 10.9. The standard InChI is InChI=1S/C17H13F6N5S2.ClH/c18-16(19,20)29-13-5-1-11(2-6-13)9-25-27-15(24)28-26-10-12-3-7-14(8-4-12)30-17(21,22)23;/h1-10H,(H3,24,27,28);1H. The third kappa shape index (κ3) is 11.5. The third-order valence-electron chi connectivity index (χ3n) is 3.01. The van der Waals surface area contributed by atoms with Crippen LogP contribution in [0.5, 0.6) is 0 Å². The predicted octanol–water partition coefficient (Wildman–Crippen LogP) is 5.81. The lowest BCUT2D eigenvalue weighted by atomic mass is 10.2. The van der Waals surface area contributed by atoms with Crippen molar-refractivity contribution in [1.29, 1.82) is 5.41 Å². The number of halogens is 7. The molecule has 0 unspecified atom stereocenters. The van der Waals surface area contributed by atoms with Crippen molar-refractivity contribution in [3.63, 3.8) is 0 Å². The van der Waals surface area contributed by atoms with Crippen molar-refractivity contribution in [2.45, 2.75) is 20.8 Å². The van der Waals surface area contributed by atoms with Gasteiger partial charge < -0.3 is 0 Å². The van der Waals surface area contributed by atoms with Gasteiger partial charge in [-0.05, 0) is 58.9 Å². The van der Waals surface area contributed by atoms with E-state index in [0.29, 0.717) is 11.1 Å². The summed E-state index contributed by atoms with van der Waals surface area (Å²) in [5.41, 5.74) is -3.05. The van der Waals surface area contributed by atoms with E-state index >= 15 is 0 Å². The zero-order chi connectivity index (χ0) is 22.2. The molecule has 2 aromatic carbocycles. The number of hydrogen-bond acceptors (Lipinski definition) is 5. The average molecular weight is 502 g/mol. The van der Waals surface area contributed by atoms with E-state index in [0.717, 1.165) is 0 Å². The fourth-order valence-corrected chi connectivity index (χ4v) is 2.96. The van der Waals surface area contributed by atoms with Gasteiger partial charge in [0, 0.05) is 9.79 Å². The molecule has 31 heavy (non-hydrogen) atoms. The summed E-state index contributed by atoms with van der Waals surface area (Å²) >= 11 is -0.446. The lowest BCUT2D eigenvalue weighted by Gasteiger charge is -2.05. The highest BCUT2D eigenvalue weighted by molar-refractivity contribution is 8.00. The molecule has 0 bridgehead atoms. The monoisotopic (exact) mass is 501 g/mol. The highest BCUT2D eigenvalue weighted by atomic mass is 35.5. The maximum absolute atomic E-state index is 12.3. The van der Waals surface area contributed by atoms with Crippen LogP contribution in [0.25, 0.3) is 0 Å². The van der Waals surface area contributed by atoms with Crippen molar-refractivity contribution in [3.8, 4) is 0 Å². The molecule has 3 N–H and O–H groups in total. The molecule has 0 aromatic heterocycles. The minimum absolute atomic E-state index is 0. The van der Waals surface area contributed by atoms with Gasteiger partial charge >= 0.3 is 11.0 Å². The van der Waals surface area contributed by atoms with Crippen LogP contribution in [0, 0.1) is 5.41 Å². The summed E-state index contributed by atoms with van der Waals surface area (Å²) < 4.78 is 73.6. The molecule has 0 aliphatic heterocycles. The van der Waals surface area contributed by atoms with Crippen LogP contribution in [0.15, 0.2) is 68.5 Å². The lowest BCUT2D eigenvalue weighted by Crippen LogP contribution is -2.29. The van der Waals surface area contributed by atoms with Crippen LogP contribution < -0.4 is 10.9 Å². The molecule has 0 aliphatic rings. The first-order chi connectivity index (χ1) is 14.0. The van der Waals surface area contributed by atoms with Crippen molar-refractivity contribution in [2.24, 2.45) is 10.2 Å². The van der Waals surface area contributed by atoms with E-state index in [1.807, 2.05) is 0 Å². The summed E-state index contributed by atoms with van der Waals surface area (Å²) in [5, 5.41) is 15.1. The Bertz CT molecular complexity index is 826. The van der Waals surface area contributed by atoms with Crippen molar-refractivity contribution in [3.05, 3.63) is 59.7 Å². The SMILES string of the molecule is Cl.N=C(NN=Cc1ccc(SC(F)(F)F)cc1)NN=Cc1ccc(SC(F)(F)F)cc1. The van der Waals surface area contributed by atoms with E-state index < -0.39 is 11.0 Å². The van der Waals surface area contributed by atoms with E-state index in [4.69, 9.17) is 5.41 Å². The smallest absolute Gasteiger partial charge is 0.266 e. The van der Waals surface area contributed by atoms with E-state index in [9.17, 15) is 26.3 Å². The Balaban J connectivity index is 0.00000480. The number of rotatable bonds is 6. The summed E-state index contributed by atoms with van der Waals surface area (Å²) in [6.45, 7) is 0. The normalized spacial score (nSPS) is 12.1. The highest BCUT2D eigenvalue weighted by Crippen LogP contribution is 2.37. The average Bonchev–Trinajstić information content (AvgIpc) is 2.62.